The maximum atomic E-state index is 12.4. The molecule has 0 unspecified atom stereocenters. The molecule has 3 aromatic heterocycles. The van der Waals surface area contributed by atoms with Crippen molar-refractivity contribution in [2.24, 2.45) is 0 Å². The highest BCUT2D eigenvalue weighted by Crippen LogP contribution is 2.26. The Kier molecular flexibility index (Phi) is 9.09. The van der Waals surface area contributed by atoms with E-state index < -0.39 is 40.1 Å². The second kappa shape index (κ2) is 12.2. The summed E-state index contributed by atoms with van der Waals surface area (Å²) in [5.74, 6) is -0.700. The third-order valence-corrected chi connectivity index (χ3v) is 7.75. The van der Waals surface area contributed by atoms with Crippen molar-refractivity contribution in [1.29, 1.82) is 0 Å². The highest BCUT2D eigenvalue weighted by Gasteiger charge is 2.30. The van der Waals surface area contributed by atoms with Gasteiger partial charge in [-0.05, 0) is 77.1 Å². The molecule has 3 N–H and O–H groups in total. The standard InChI is InChI=1S/C27H34F3N7O4S/c1-16-13-20(17-5-10-22(31-14-17)37-42(39,40)12-11-27(28,29)30)35-21-15-32-24(36-23(16)21)33-18-6-8-19(9-7-18)34-25(38)41-26(2,3)4/h5,10,13-15,18-19H,6-9,11-12H2,1-4H3,(H,31,37)(H,34,38)(H,32,33,36). The molecule has 3 aromatic rings. The maximum Gasteiger partial charge on any atom is 0.407 e. The molecule has 0 saturated heterocycles. The summed E-state index contributed by atoms with van der Waals surface area (Å²) in [5, 5.41) is 6.31. The molecule has 1 amide bonds. The zero-order valence-electron chi connectivity index (χ0n) is 23.7. The van der Waals surface area contributed by atoms with Crippen molar-refractivity contribution in [1.82, 2.24) is 25.3 Å². The number of ether oxygens (including phenoxy) is 1. The quantitative estimate of drug-likeness (QED) is 0.308. The van der Waals surface area contributed by atoms with Crippen LogP contribution in [0.2, 0.25) is 0 Å². The molecular formula is C27H34F3N7O4S. The molecule has 1 aliphatic rings. The summed E-state index contributed by atoms with van der Waals surface area (Å²) in [7, 11) is -4.20. The monoisotopic (exact) mass is 609 g/mol. The number of rotatable bonds is 8. The van der Waals surface area contributed by atoms with Gasteiger partial charge in [-0.1, -0.05) is 0 Å². The van der Waals surface area contributed by atoms with E-state index in [1.54, 1.807) is 12.3 Å². The summed E-state index contributed by atoms with van der Waals surface area (Å²) in [6.45, 7) is 7.37. The molecule has 11 nitrogen and oxygen atoms in total. The first-order valence-corrected chi connectivity index (χ1v) is 15.1. The molecule has 15 heteroatoms. The number of alkyl halides is 3. The molecular weight excluding hydrogens is 575 g/mol. The predicted molar refractivity (Wildman–Crippen MR) is 152 cm³/mol. The minimum atomic E-state index is -4.58. The molecule has 0 aromatic carbocycles. The Morgan fingerprint density at radius 2 is 1.71 bits per heavy atom. The molecule has 0 bridgehead atoms. The summed E-state index contributed by atoms with van der Waals surface area (Å²) >= 11 is 0. The van der Waals surface area contributed by atoms with E-state index in [0.29, 0.717) is 28.2 Å². The third kappa shape index (κ3) is 9.13. The number of aryl methyl sites for hydroxylation is 1. The maximum absolute atomic E-state index is 12.4. The van der Waals surface area contributed by atoms with Gasteiger partial charge in [-0.3, -0.25) is 4.72 Å². The van der Waals surface area contributed by atoms with Gasteiger partial charge in [0.1, 0.15) is 16.9 Å². The van der Waals surface area contributed by atoms with Crippen molar-refractivity contribution >= 4 is 38.9 Å². The van der Waals surface area contributed by atoms with Crippen molar-refractivity contribution in [3.8, 4) is 11.3 Å². The number of anilines is 2. The lowest BCUT2D eigenvalue weighted by Gasteiger charge is -2.30. The van der Waals surface area contributed by atoms with E-state index in [4.69, 9.17) is 4.74 Å². The molecule has 1 saturated carbocycles. The fourth-order valence-electron chi connectivity index (χ4n) is 4.51. The first-order valence-electron chi connectivity index (χ1n) is 13.5. The normalized spacial score (nSPS) is 18.0. The van der Waals surface area contributed by atoms with E-state index in [2.05, 4.69) is 35.3 Å². The zero-order chi connectivity index (χ0) is 30.7. The first-order chi connectivity index (χ1) is 19.6. The lowest BCUT2D eigenvalue weighted by molar-refractivity contribution is -0.129. The Morgan fingerprint density at radius 1 is 1.02 bits per heavy atom. The minimum absolute atomic E-state index is 0.0541. The first kappa shape index (κ1) is 31.2. The molecule has 42 heavy (non-hydrogen) atoms. The number of amides is 1. The number of carbonyl (C=O) groups is 1. The van der Waals surface area contributed by atoms with Gasteiger partial charge in [-0.15, -0.1) is 0 Å². The van der Waals surface area contributed by atoms with Crippen molar-refractivity contribution in [2.75, 3.05) is 15.8 Å². The van der Waals surface area contributed by atoms with E-state index in [9.17, 15) is 26.4 Å². The average molecular weight is 610 g/mol. The van der Waals surface area contributed by atoms with Gasteiger partial charge in [0, 0.05) is 23.8 Å². The van der Waals surface area contributed by atoms with Gasteiger partial charge in [0.15, 0.2) is 0 Å². The van der Waals surface area contributed by atoms with Crippen LogP contribution in [0.5, 0.6) is 0 Å². The van der Waals surface area contributed by atoms with E-state index >= 15 is 0 Å². The largest absolute Gasteiger partial charge is 0.444 e. The van der Waals surface area contributed by atoms with Gasteiger partial charge in [-0.2, -0.15) is 13.2 Å². The topological polar surface area (TPSA) is 148 Å². The van der Waals surface area contributed by atoms with Gasteiger partial charge >= 0.3 is 12.3 Å². The van der Waals surface area contributed by atoms with Crippen LogP contribution in [-0.2, 0) is 14.8 Å². The van der Waals surface area contributed by atoms with E-state index in [1.807, 2.05) is 33.8 Å². The fraction of sp³-hybridized carbons (Fsp3) is 0.519. The minimum Gasteiger partial charge on any atom is -0.444 e. The van der Waals surface area contributed by atoms with Crippen LogP contribution in [0.15, 0.2) is 30.6 Å². The second-order valence-corrected chi connectivity index (χ2v) is 13.2. The van der Waals surface area contributed by atoms with Gasteiger partial charge in [-0.25, -0.2) is 33.1 Å². The molecule has 3 heterocycles. The van der Waals surface area contributed by atoms with Crippen LogP contribution in [0.1, 0.15) is 58.4 Å². The number of nitrogens with one attached hydrogen (secondary N) is 3. The number of hydrogen-bond acceptors (Lipinski definition) is 9. The van der Waals surface area contributed by atoms with Crippen LogP contribution in [0.4, 0.5) is 29.7 Å². The SMILES string of the molecule is Cc1cc(-c2ccc(NS(=O)(=O)CCC(F)(F)F)nc2)nc2cnc(NC3CCC(NC(=O)OC(C)(C)C)CC3)nc12. The van der Waals surface area contributed by atoms with Crippen LogP contribution < -0.4 is 15.4 Å². The zero-order valence-corrected chi connectivity index (χ0v) is 24.6. The Hall–Kier alpha value is -3.75. The molecule has 4 rings (SSSR count). The number of hydrogen-bond donors (Lipinski definition) is 3. The molecule has 0 aliphatic heterocycles. The summed E-state index contributed by atoms with van der Waals surface area (Å²) in [6.07, 6.45) is -0.156. The number of nitrogens with zero attached hydrogens (tertiary/aromatic N) is 4. The highest BCUT2D eigenvalue weighted by molar-refractivity contribution is 7.92. The molecule has 1 fully saturated rings. The van der Waals surface area contributed by atoms with Gasteiger partial charge in [0.25, 0.3) is 0 Å². The second-order valence-electron chi connectivity index (χ2n) is 11.3. The number of aromatic nitrogens is 4. The lowest BCUT2D eigenvalue weighted by atomic mass is 9.91. The number of fused-ring (bicyclic) bond motifs is 1. The van der Waals surface area contributed by atoms with Crippen LogP contribution in [0.25, 0.3) is 22.3 Å². The Balaban J connectivity index is 1.37. The Bertz CT molecular complexity index is 1520. The Morgan fingerprint density at radius 3 is 2.33 bits per heavy atom. The molecule has 0 spiro atoms. The van der Waals surface area contributed by atoms with Crippen LogP contribution in [0, 0.1) is 6.92 Å². The fourth-order valence-corrected chi connectivity index (χ4v) is 5.55. The molecule has 0 radical (unpaired) electrons. The number of pyridine rings is 2. The third-order valence-electron chi connectivity index (χ3n) is 6.49. The van der Waals surface area contributed by atoms with Crippen LogP contribution in [-0.4, -0.2) is 64.1 Å². The van der Waals surface area contributed by atoms with E-state index in [0.717, 1.165) is 31.2 Å². The van der Waals surface area contributed by atoms with E-state index in [-0.39, 0.29) is 17.9 Å². The van der Waals surface area contributed by atoms with Gasteiger partial charge in [0.2, 0.25) is 16.0 Å². The van der Waals surface area contributed by atoms with Crippen molar-refractivity contribution in [3.05, 3.63) is 36.2 Å². The smallest absolute Gasteiger partial charge is 0.407 e. The lowest BCUT2D eigenvalue weighted by Crippen LogP contribution is -2.42. The summed E-state index contributed by atoms with van der Waals surface area (Å²) < 4.78 is 68.4. The van der Waals surface area contributed by atoms with Gasteiger partial charge in [0.05, 0.1) is 29.6 Å². The summed E-state index contributed by atoms with van der Waals surface area (Å²) in [6, 6.07) is 4.97. The van der Waals surface area contributed by atoms with Crippen molar-refractivity contribution in [3.63, 3.8) is 0 Å². The predicted octanol–water partition coefficient (Wildman–Crippen LogP) is 5.34. The average Bonchev–Trinajstić information content (AvgIpc) is 2.88. The molecule has 228 valence electrons. The van der Waals surface area contributed by atoms with Crippen LogP contribution >= 0.6 is 0 Å². The van der Waals surface area contributed by atoms with E-state index in [1.165, 1.54) is 12.3 Å². The number of halogens is 3. The van der Waals surface area contributed by atoms with Crippen molar-refractivity contribution in [2.45, 2.75) is 83.7 Å². The van der Waals surface area contributed by atoms with Gasteiger partial charge < -0.3 is 15.4 Å². The Labute approximate surface area is 242 Å². The summed E-state index contributed by atoms with van der Waals surface area (Å²) in [5.41, 5.74) is 2.65. The number of carbonyl (C=O) groups excluding carboxylic acids is 1. The highest BCUT2D eigenvalue weighted by atomic mass is 32.2. The number of sulfonamides is 1. The molecule has 1 aliphatic carbocycles. The van der Waals surface area contributed by atoms with Crippen molar-refractivity contribution < 1.29 is 31.1 Å². The summed E-state index contributed by atoms with van der Waals surface area (Å²) in [4.78, 5) is 29.8. The number of alkyl carbamates (subject to hydrolysis) is 1. The molecule has 0 atom stereocenters. The van der Waals surface area contributed by atoms with Crippen LogP contribution in [0.3, 0.4) is 0 Å².